The van der Waals surface area contributed by atoms with Gasteiger partial charge in [-0.15, -0.1) is 0 Å². The van der Waals surface area contributed by atoms with Gasteiger partial charge in [0.2, 0.25) is 11.8 Å². The molecular weight excluding hydrogens is 436 g/mol. The fourth-order valence-corrected chi connectivity index (χ4v) is 4.26. The van der Waals surface area contributed by atoms with Crippen LogP contribution in [0.4, 0.5) is 0 Å². The number of allylic oxidation sites excluding steroid dienone is 1. The maximum Gasteiger partial charge on any atom is 0.330 e. The lowest BCUT2D eigenvalue weighted by Gasteiger charge is -2.14. The number of rotatable bonds is 18. The number of likely N-dealkylation sites (tertiary alicyclic amines) is 2. The van der Waals surface area contributed by atoms with Crippen LogP contribution in [0, 0.1) is 0 Å². The summed E-state index contributed by atoms with van der Waals surface area (Å²) in [7, 11) is 0. The summed E-state index contributed by atoms with van der Waals surface area (Å²) in [5, 5.41) is 0. The van der Waals surface area contributed by atoms with Gasteiger partial charge in [-0.2, -0.15) is 0 Å². The minimum Gasteiger partial charge on any atom is -0.466 e. The van der Waals surface area contributed by atoms with Crippen molar-refractivity contribution in [2.75, 3.05) is 39.4 Å². The highest BCUT2D eigenvalue weighted by atomic mass is 16.5. The third kappa shape index (κ3) is 12.2. The van der Waals surface area contributed by atoms with E-state index < -0.39 is 0 Å². The van der Waals surface area contributed by atoms with Gasteiger partial charge in [0.05, 0.1) is 13.2 Å². The maximum absolute atomic E-state index is 11.7. The number of carbonyl (C=O) groups is 4. The molecule has 2 heterocycles. The summed E-state index contributed by atoms with van der Waals surface area (Å²) in [6.07, 6.45) is 14.7. The molecule has 34 heavy (non-hydrogen) atoms. The van der Waals surface area contributed by atoms with Gasteiger partial charge in [0.25, 0.3) is 0 Å². The van der Waals surface area contributed by atoms with E-state index in [2.05, 4.69) is 0 Å². The fraction of sp³-hybridized carbons (Fsp3) is 0.769. The number of hydrogen-bond acceptors (Lipinski definition) is 6. The molecule has 8 heteroatoms. The highest BCUT2D eigenvalue weighted by molar-refractivity contribution is 5.82. The highest BCUT2D eigenvalue weighted by Gasteiger charge is 2.19. The Hall–Kier alpha value is -2.38. The summed E-state index contributed by atoms with van der Waals surface area (Å²) >= 11 is 0. The Kier molecular flexibility index (Phi) is 14.0. The molecular formula is C26H42N2O6. The zero-order valence-electron chi connectivity index (χ0n) is 20.6. The van der Waals surface area contributed by atoms with Crippen molar-refractivity contribution in [1.29, 1.82) is 0 Å². The third-order valence-electron chi connectivity index (χ3n) is 6.26. The lowest BCUT2D eigenvalue weighted by Crippen LogP contribution is -2.25. The summed E-state index contributed by atoms with van der Waals surface area (Å²) in [6.45, 7) is 4.28. The average molecular weight is 479 g/mol. The summed E-state index contributed by atoms with van der Waals surface area (Å²) in [5.41, 5.74) is 0. The predicted molar refractivity (Wildman–Crippen MR) is 129 cm³/mol. The van der Waals surface area contributed by atoms with Crippen LogP contribution in [0.25, 0.3) is 0 Å². The van der Waals surface area contributed by atoms with Crippen molar-refractivity contribution in [2.24, 2.45) is 0 Å². The topological polar surface area (TPSA) is 93.2 Å². The minimum absolute atomic E-state index is 0.250. The van der Waals surface area contributed by atoms with Crippen LogP contribution < -0.4 is 0 Å². The number of esters is 2. The van der Waals surface area contributed by atoms with Gasteiger partial charge >= 0.3 is 11.9 Å². The van der Waals surface area contributed by atoms with Crippen molar-refractivity contribution >= 4 is 23.8 Å². The lowest BCUT2D eigenvalue weighted by molar-refractivity contribution is -0.144. The molecule has 0 aromatic rings. The molecule has 0 N–H and O–H groups in total. The molecule has 2 fully saturated rings. The summed E-state index contributed by atoms with van der Waals surface area (Å²) < 4.78 is 10.4. The molecule has 0 unspecified atom stereocenters. The van der Waals surface area contributed by atoms with E-state index in [1.165, 1.54) is 6.08 Å². The van der Waals surface area contributed by atoms with Crippen LogP contribution in [0.15, 0.2) is 12.2 Å². The Morgan fingerprint density at radius 2 is 1.26 bits per heavy atom. The van der Waals surface area contributed by atoms with E-state index in [1.54, 1.807) is 6.08 Å². The van der Waals surface area contributed by atoms with Crippen LogP contribution in [0.2, 0.25) is 0 Å². The van der Waals surface area contributed by atoms with E-state index in [-0.39, 0.29) is 30.2 Å². The number of unbranched alkanes of at least 4 members (excludes halogenated alkanes) is 6. The molecule has 0 aliphatic carbocycles. The third-order valence-corrected chi connectivity index (χ3v) is 6.26. The maximum atomic E-state index is 11.7. The minimum atomic E-state index is -0.383. The first-order valence-electron chi connectivity index (χ1n) is 13.1. The number of hydrogen-bond donors (Lipinski definition) is 0. The van der Waals surface area contributed by atoms with E-state index >= 15 is 0 Å². The van der Waals surface area contributed by atoms with Crippen molar-refractivity contribution in [1.82, 2.24) is 9.80 Å². The van der Waals surface area contributed by atoms with Crippen LogP contribution in [0.3, 0.4) is 0 Å². The molecule has 8 nitrogen and oxygen atoms in total. The largest absolute Gasteiger partial charge is 0.466 e. The van der Waals surface area contributed by atoms with E-state index in [0.717, 1.165) is 90.4 Å². The average Bonchev–Trinajstić information content (AvgIpc) is 3.42. The highest BCUT2D eigenvalue weighted by Crippen LogP contribution is 2.12. The van der Waals surface area contributed by atoms with Gasteiger partial charge in [0, 0.05) is 51.5 Å². The Morgan fingerprint density at radius 3 is 1.79 bits per heavy atom. The molecule has 0 aromatic carbocycles. The van der Waals surface area contributed by atoms with Gasteiger partial charge in [0.15, 0.2) is 0 Å². The van der Waals surface area contributed by atoms with E-state index in [9.17, 15) is 19.2 Å². The molecule has 2 amide bonds. The van der Waals surface area contributed by atoms with Gasteiger partial charge in [-0.1, -0.05) is 18.9 Å². The molecule has 192 valence electrons. The molecule has 2 saturated heterocycles. The summed E-state index contributed by atoms with van der Waals surface area (Å²) in [5.74, 6) is -0.0913. The van der Waals surface area contributed by atoms with Crippen LogP contribution in [-0.2, 0) is 28.7 Å². The first-order chi connectivity index (χ1) is 16.6. The molecule has 2 aliphatic rings. The summed E-state index contributed by atoms with van der Waals surface area (Å²) in [4.78, 5) is 50.4. The quantitative estimate of drug-likeness (QED) is 0.169. The van der Waals surface area contributed by atoms with E-state index in [1.807, 2.05) is 9.80 Å². The zero-order valence-corrected chi connectivity index (χ0v) is 20.6. The van der Waals surface area contributed by atoms with Crippen molar-refractivity contribution in [3.63, 3.8) is 0 Å². The number of carbonyl (C=O) groups excluding carboxylic acids is 4. The predicted octanol–water partition coefficient (Wildman–Crippen LogP) is 3.77. The van der Waals surface area contributed by atoms with Gasteiger partial charge in [-0.05, 0) is 57.8 Å². The second kappa shape index (κ2) is 17.1. The fourth-order valence-electron chi connectivity index (χ4n) is 4.26. The Balaban J connectivity index is 1.33. The molecule has 0 saturated carbocycles. The number of ether oxygens (including phenoxy) is 2. The van der Waals surface area contributed by atoms with E-state index in [0.29, 0.717) is 32.5 Å². The zero-order chi connectivity index (χ0) is 24.4. The van der Waals surface area contributed by atoms with Crippen molar-refractivity contribution in [3.8, 4) is 0 Å². The van der Waals surface area contributed by atoms with Gasteiger partial charge in [-0.3, -0.25) is 14.4 Å². The molecule has 0 spiro atoms. The van der Waals surface area contributed by atoms with Crippen molar-refractivity contribution < 1.29 is 28.7 Å². The Bertz CT molecular complexity index is 678. The Morgan fingerprint density at radius 1 is 0.735 bits per heavy atom. The molecule has 2 aliphatic heterocycles. The smallest absolute Gasteiger partial charge is 0.330 e. The van der Waals surface area contributed by atoms with Crippen LogP contribution in [-0.4, -0.2) is 72.9 Å². The second-order valence-electron chi connectivity index (χ2n) is 9.13. The lowest BCUT2D eigenvalue weighted by atomic mass is 10.2. The van der Waals surface area contributed by atoms with Crippen LogP contribution in [0.1, 0.15) is 89.9 Å². The second-order valence-corrected chi connectivity index (χ2v) is 9.13. The molecule has 0 aromatic heterocycles. The number of nitrogens with zero attached hydrogens (tertiary/aromatic N) is 2. The van der Waals surface area contributed by atoms with E-state index in [4.69, 9.17) is 9.47 Å². The Labute approximate surface area is 204 Å². The van der Waals surface area contributed by atoms with Crippen LogP contribution >= 0.6 is 0 Å². The standard InChI is InChI=1S/C26H42N2O6/c29-23-13-11-19-27(23)17-7-1-3-9-21-33-25(31)15-5-6-16-26(32)34-22-10-4-2-8-18-28-20-12-14-24(28)30/h5,15H,1-4,6-14,16-22H2/b15-5-. The first kappa shape index (κ1) is 27.9. The summed E-state index contributed by atoms with van der Waals surface area (Å²) in [6, 6.07) is 0. The molecule has 2 rings (SSSR count). The molecule has 0 bridgehead atoms. The van der Waals surface area contributed by atoms with Crippen LogP contribution in [0.5, 0.6) is 0 Å². The van der Waals surface area contributed by atoms with Gasteiger partial charge < -0.3 is 19.3 Å². The van der Waals surface area contributed by atoms with Gasteiger partial charge in [0.1, 0.15) is 0 Å². The SMILES string of the molecule is O=C(/C=C\CCC(=O)OCCCCCCN1CCCC1=O)OCCCCCCN1CCCC1=O. The molecule has 0 atom stereocenters. The molecule has 0 radical (unpaired) electrons. The van der Waals surface area contributed by atoms with Crippen molar-refractivity contribution in [3.05, 3.63) is 12.2 Å². The monoisotopic (exact) mass is 478 g/mol. The first-order valence-corrected chi connectivity index (χ1v) is 13.1. The van der Waals surface area contributed by atoms with Gasteiger partial charge in [-0.25, -0.2) is 4.79 Å². The normalized spacial score (nSPS) is 16.1. The number of amides is 2. The van der Waals surface area contributed by atoms with Crippen molar-refractivity contribution in [2.45, 2.75) is 89.9 Å².